The molecule has 0 atom stereocenters. The monoisotopic (exact) mass is 303 g/mol. The summed E-state index contributed by atoms with van der Waals surface area (Å²) >= 11 is 0. The number of unbranched alkanes of at least 4 members (excludes halogenated alkanes) is 1. The zero-order valence-corrected chi connectivity index (χ0v) is 13.1. The molecular formula is C16H24F3NO. The van der Waals surface area contributed by atoms with Crippen molar-refractivity contribution in [3.05, 3.63) is 29.3 Å². The number of halogens is 3. The molecule has 0 spiro atoms. The predicted molar refractivity (Wildman–Crippen MR) is 78.4 cm³/mol. The Bertz CT molecular complexity index is 450. The Balaban J connectivity index is 2.91. The van der Waals surface area contributed by atoms with Crippen molar-refractivity contribution in [2.75, 3.05) is 6.61 Å². The fourth-order valence-electron chi connectivity index (χ4n) is 1.73. The third kappa shape index (κ3) is 6.38. The van der Waals surface area contributed by atoms with E-state index in [0.29, 0.717) is 18.7 Å². The van der Waals surface area contributed by atoms with Crippen LogP contribution >= 0.6 is 0 Å². The molecule has 2 nitrogen and oxygen atoms in total. The molecule has 0 saturated carbocycles. The molecule has 0 bridgehead atoms. The van der Waals surface area contributed by atoms with Gasteiger partial charge in [0.25, 0.3) is 0 Å². The molecule has 21 heavy (non-hydrogen) atoms. The fraction of sp³-hybridized carbons (Fsp3) is 0.625. The first-order valence-corrected chi connectivity index (χ1v) is 7.21. The van der Waals surface area contributed by atoms with E-state index in [1.807, 2.05) is 27.7 Å². The number of benzene rings is 1. The van der Waals surface area contributed by atoms with E-state index in [4.69, 9.17) is 4.74 Å². The second-order valence-corrected chi connectivity index (χ2v) is 6.13. The molecule has 5 heteroatoms. The number of hydrogen-bond donors (Lipinski definition) is 1. The minimum absolute atomic E-state index is 0.0875. The molecule has 1 rings (SSSR count). The van der Waals surface area contributed by atoms with E-state index < -0.39 is 11.7 Å². The average molecular weight is 303 g/mol. The van der Waals surface area contributed by atoms with Crippen LogP contribution in [0.1, 0.15) is 51.7 Å². The lowest BCUT2D eigenvalue weighted by Crippen LogP contribution is -2.35. The van der Waals surface area contributed by atoms with E-state index in [1.165, 1.54) is 12.1 Å². The normalized spacial score (nSPS) is 12.5. The Morgan fingerprint density at radius 2 is 1.81 bits per heavy atom. The Hall–Kier alpha value is -1.23. The zero-order valence-electron chi connectivity index (χ0n) is 13.1. The van der Waals surface area contributed by atoms with Crippen LogP contribution in [0.4, 0.5) is 13.2 Å². The summed E-state index contributed by atoms with van der Waals surface area (Å²) in [5.41, 5.74) is -0.249. The van der Waals surface area contributed by atoms with Gasteiger partial charge in [-0.3, -0.25) is 0 Å². The molecule has 0 aliphatic heterocycles. The molecule has 0 saturated heterocycles. The van der Waals surface area contributed by atoms with Gasteiger partial charge in [0.2, 0.25) is 0 Å². The van der Waals surface area contributed by atoms with Gasteiger partial charge in [-0.05, 0) is 44.9 Å². The van der Waals surface area contributed by atoms with Crippen LogP contribution < -0.4 is 10.1 Å². The van der Waals surface area contributed by atoms with Gasteiger partial charge in [0.1, 0.15) is 5.75 Å². The molecule has 0 radical (unpaired) electrons. The molecule has 1 N–H and O–H groups in total. The maximum Gasteiger partial charge on any atom is 0.419 e. The number of nitrogens with one attached hydrogen (secondary N) is 1. The summed E-state index contributed by atoms with van der Waals surface area (Å²) in [4.78, 5) is 0. The molecular weight excluding hydrogens is 279 g/mol. The van der Waals surface area contributed by atoms with Gasteiger partial charge in [-0.15, -0.1) is 0 Å². The van der Waals surface area contributed by atoms with Crippen LogP contribution in [0.3, 0.4) is 0 Å². The number of alkyl halides is 3. The van der Waals surface area contributed by atoms with Crippen molar-refractivity contribution >= 4 is 0 Å². The SMILES string of the molecule is CCCCOc1ccc(CNC(C)(C)C)cc1C(F)(F)F. The molecule has 0 fully saturated rings. The summed E-state index contributed by atoms with van der Waals surface area (Å²) < 4.78 is 44.6. The molecule has 1 aromatic carbocycles. The molecule has 0 amide bonds. The lowest BCUT2D eigenvalue weighted by Gasteiger charge is -2.21. The largest absolute Gasteiger partial charge is 0.493 e. The van der Waals surface area contributed by atoms with Crippen molar-refractivity contribution in [3.8, 4) is 5.75 Å². The number of hydrogen-bond acceptors (Lipinski definition) is 2. The zero-order chi connectivity index (χ0) is 16.1. The second-order valence-electron chi connectivity index (χ2n) is 6.13. The van der Waals surface area contributed by atoms with E-state index in [0.717, 1.165) is 12.8 Å². The van der Waals surface area contributed by atoms with Gasteiger partial charge in [-0.2, -0.15) is 13.2 Å². The number of rotatable bonds is 6. The molecule has 0 aliphatic rings. The van der Waals surface area contributed by atoms with Crippen LogP contribution in [0.15, 0.2) is 18.2 Å². The molecule has 1 aromatic rings. The highest BCUT2D eigenvalue weighted by molar-refractivity contribution is 5.39. The molecule has 0 unspecified atom stereocenters. The van der Waals surface area contributed by atoms with Crippen molar-refractivity contribution < 1.29 is 17.9 Å². The first-order valence-electron chi connectivity index (χ1n) is 7.21. The highest BCUT2D eigenvalue weighted by atomic mass is 19.4. The van der Waals surface area contributed by atoms with Gasteiger partial charge in [0.15, 0.2) is 0 Å². The van der Waals surface area contributed by atoms with Crippen molar-refractivity contribution in [2.45, 2.75) is 58.8 Å². The smallest absolute Gasteiger partial charge is 0.419 e. The Morgan fingerprint density at radius 3 is 2.33 bits per heavy atom. The highest BCUT2D eigenvalue weighted by Crippen LogP contribution is 2.37. The summed E-state index contributed by atoms with van der Waals surface area (Å²) in [6.45, 7) is 8.58. The van der Waals surface area contributed by atoms with Crippen LogP contribution in [0.2, 0.25) is 0 Å². The summed E-state index contributed by atoms with van der Waals surface area (Å²) in [5, 5.41) is 3.18. The third-order valence-corrected chi connectivity index (χ3v) is 2.93. The predicted octanol–water partition coefficient (Wildman–Crippen LogP) is 4.77. The van der Waals surface area contributed by atoms with E-state index in [2.05, 4.69) is 5.32 Å². The first-order chi connectivity index (χ1) is 9.63. The van der Waals surface area contributed by atoms with Gasteiger partial charge in [0.05, 0.1) is 12.2 Å². The Kier molecular flexibility index (Phi) is 6.08. The van der Waals surface area contributed by atoms with E-state index >= 15 is 0 Å². The van der Waals surface area contributed by atoms with Crippen LogP contribution in [-0.4, -0.2) is 12.1 Å². The van der Waals surface area contributed by atoms with Gasteiger partial charge >= 0.3 is 6.18 Å². The maximum atomic E-state index is 13.1. The van der Waals surface area contributed by atoms with Crippen molar-refractivity contribution in [3.63, 3.8) is 0 Å². The Labute approximate surface area is 124 Å². The molecule has 0 aliphatic carbocycles. The minimum atomic E-state index is -4.40. The standard InChI is InChI=1S/C16H24F3NO/c1-5-6-9-21-14-8-7-12(11-20-15(2,3)4)10-13(14)16(17,18)19/h7-8,10,20H,5-6,9,11H2,1-4H3. The van der Waals surface area contributed by atoms with Gasteiger partial charge < -0.3 is 10.1 Å². The van der Waals surface area contributed by atoms with Crippen molar-refractivity contribution in [1.29, 1.82) is 0 Å². The quantitative estimate of drug-likeness (QED) is 0.764. The van der Waals surface area contributed by atoms with Crippen molar-refractivity contribution in [2.24, 2.45) is 0 Å². The lowest BCUT2D eigenvalue weighted by molar-refractivity contribution is -0.139. The summed E-state index contributed by atoms with van der Waals surface area (Å²) in [6.07, 6.45) is -2.78. The number of ether oxygens (including phenoxy) is 1. The van der Waals surface area contributed by atoms with Crippen molar-refractivity contribution in [1.82, 2.24) is 5.32 Å². The topological polar surface area (TPSA) is 21.3 Å². The van der Waals surface area contributed by atoms with E-state index in [-0.39, 0.29) is 11.3 Å². The first kappa shape index (κ1) is 17.8. The van der Waals surface area contributed by atoms with E-state index in [9.17, 15) is 13.2 Å². The summed E-state index contributed by atoms with van der Waals surface area (Å²) in [7, 11) is 0. The molecule has 0 heterocycles. The minimum Gasteiger partial charge on any atom is -0.493 e. The summed E-state index contributed by atoms with van der Waals surface area (Å²) in [5.74, 6) is -0.0875. The maximum absolute atomic E-state index is 13.1. The molecule has 0 aromatic heterocycles. The lowest BCUT2D eigenvalue weighted by atomic mass is 10.1. The van der Waals surface area contributed by atoms with Gasteiger partial charge in [0, 0.05) is 12.1 Å². The summed E-state index contributed by atoms with van der Waals surface area (Å²) in [6, 6.07) is 4.26. The fourth-order valence-corrected chi connectivity index (χ4v) is 1.73. The van der Waals surface area contributed by atoms with Crippen LogP contribution in [0, 0.1) is 0 Å². The highest BCUT2D eigenvalue weighted by Gasteiger charge is 2.34. The third-order valence-electron chi connectivity index (χ3n) is 2.93. The van der Waals surface area contributed by atoms with Crippen LogP contribution in [0.25, 0.3) is 0 Å². The second kappa shape index (κ2) is 7.16. The van der Waals surface area contributed by atoms with Crippen LogP contribution in [0.5, 0.6) is 5.75 Å². The van der Waals surface area contributed by atoms with Gasteiger partial charge in [-0.25, -0.2) is 0 Å². The van der Waals surface area contributed by atoms with Crippen LogP contribution in [-0.2, 0) is 12.7 Å². The average Bonchev–Trinajstić information content (AvgIpc) is 2.35. The molecule has 120 valence electrons. The van der Waals surface area contributed by atoms with E-state index in [1.54, 1.807) is 6.07 Å². The Morgan fingerprint density at radius 1 is 1.14 bits per heavy atom. The van der Waals surface area contributed by atoms with Gasteiger partial charge in [-0.1, -0.05) is 19.4 Å².